The van der Waals surface area contributed by atoms with Gasteiger partial charge in [-0.3, -0.25) is 0 Å². The van der Waals surface area contributed by atoms with Gasteiger partial charge in [-0.1, -0.05) is 17.8 Å². The maximum absolute atomic E-state index is 9.59. The van der Waals surface area contributed by atoms with Crippen molar-refractivity contribution in [1.29, 1.82) is 0 Å². The second-order valence-corrected chi connectivity index (χ2v) is 5.18. The molecule has 3 nitrogen and oxygen atoms in total. The van der Waals surface area contributed by atoms with Gasteiger partial charge in [0.1, 0.15) is 16.5 Å². The maximum Gasteiger partial charge on any atom is 0.116 e. The quantitative estimate of drug-likeness (QED) is 0.743. The van der Waals surface area contributed by atoms with E-state index in [0.717, 1.165) is 20.7 Å². The number of aromatic nitrogens is 1. The Kier molecular flexibility index (Phi) is 3.01. The highest BCUT2D eigenvalue weighted by Crippen LogP contribution is 2.33. The molecule has 4 heteroatoms. The van der Waals surface area contributed by atoms with E-state index in [2.05, 4.69) is 4.98 Å². The molecule has 0 unspecified atom stereocenters. The van der Waals surface area contributed by atoms with Crippen LogP contribution in [0.4, 0.5) is 0 Å². The Morgan fingerprint density at radius 3 is 2.37 bits per heavy atom. The van der Waals surface area contributed by atoms with E-state index in [1.807, 2.05) is 24.3 Å². The van der Waals surface area contributed by atoms with Crippen LogP contribution in [0.3, 0.4) is 0 Å². The summed E-state index contributed by atoms with van der Waals surface area (Å²) in [5.74, 6) is 0.473. The molecule has 0 saturated carbocycles. The van der Waals surface area contributed by atoms with Gasteiger partial charge in [-0.25, -0.2) is 4.98 Å². The van der Waals surface area contributed by atoms with Crippen LogP contribution < -0.4 is 0 Å². The Labute approximate surface area is 114 Å². The number of phenols is 2. The summed E-state index contributed by atoms with van der Waals surface area (Å²) < 4.78 is 0. The number of nitrogens with zero attached hydrogens (tertiary/aromatic N) is 1. The summed E-state index contributed by atoms with van der Waals surface area (Å²) in [7, 11) is 0. The number of hydrogen-bond acceptors (Lipinski definition) is 4. The summed E-state index contributed by atoms with van der Waals surface area (Å²) in [6, 6.07) is 14.1. The van der Waals surface area contributed by atoms with Crippen molar-refractivity contribution in [3.8, 4) is 11.5 Å². The molecule has 1 heterocycles. The molecule has 0 bridgehead atoms. The highest BCUT2D eigenvalue weighted by atomic mass is 32.2. The van der Waals surface area contributed by atoms with Gasteiger partial charge in [0.05, 0.1) is 0 Å². The van der Waals surface area contributed by atoms with Crippen molar-refractivity contribution in [3.05, 3.63) is 54.7 Å². The predicted molar refractivity (Wildman–Crippen MR) is 75.6 cm³/mol. The summed E-state index contributed by atoms with van der Waals surface area (Å²) in [4.78, 5) is 5.34. The van der Waals surface area contributed by atoms with Crippen LogP contribution in [0.5, 0.6) is 11.5 Å². The van der Waals surface area contributed by atoms with Crippen LogP contribution in [0.2, 0.25) is 0 Å². The molecule has 0 saturated heterocycles. The lowest BCUT2D eigenvalue weighted by atomic mass is 10.2. The first-order valence-electron chi connectivity index (χ1n) is 5.77. The number of rotatable bonds is 2. The maximum atomic E-state index is 9.59. The summed E-state index contributed by atoms with van der Waals surface area (Å²) in [5, 5.41) is 21.6. The van der Waals surface area contributed by atoms with Crippen LogP contribution in [0.25, 0.3) is 10.8 Å². The van der Waals surface area contributed by atoms with Crippen LogP contribution in [0.1, 0.15) is 0 Å². The van der Waals surface area contributed by atoms with Gasteiger partial charge in [-0.2, -0.15) is 0 Å². The third kappa shape index (κ3) is 2.48. The monoisotopic (exact) mass is 269 g/mol. The van der Waals surface area contributed by atoms with Gasteiger partial charge in [0, 0.05) is 16.5 Å². The van der Waals surface area contributed by atoms with E-state index in [1.165, 1.54) is 11.8 Å². The van der Waals surface area contributed by atoms with Gasteiger partial charge < -0.3 is 10.2 Å². The minimum atomic E-state index is 0.230. The van der Waals surface area contributed by atoms with Crippen LogP contribution in [-0.2, 0) is 0 Å². The van der Waals surface area contributed by atoms with Gasteiger partial charge in [-0.15, -0.1) is 0 Å². The molecule has 3 rings (SSSR count). The fourth-order valence-corrected chi connectivity index (χ4v) is 2.73. The Morgan fingerprint density at radius 1 is 0.842 bits per heavy atom. The second kappa shape index (κ2) is 4.82. The summed E-state index contributed by atoms with van der Waals surface area (Å²) in [6.45, 7) is 0. The average molecular weight is 269 g/mol. The van der Waals surface area contributed by atoms with Crippen molar-refractivity contribution in [2.24, 2.45) is 0 Å². The molecule has 2 N–H and O–H groups in total. The van der Waals surface area contributed by atoms with Crippen molar-refractivity contribution in [3.63, 3.8) is 0 Å². The molecule has 0 radical (unpaired) electrons. The van der Waals surface area contributed by atoms with Crippen LogP contribution in [0.15, 0.2) is 64.6 Å². The molecule has 0 aliphatic rings. The van der Waals surface area contributed by atoms with E-state index in [-0.39, 0.29) is 11.5 Å². The van der Waals surface area contributed by atoms with Crippen LogP contribution in [-0.4, -0.2) is 15.2 Å². The Hall–Kier alpha value is -2.20. The zero-order chi connectivity index (χ0) is 13.2. The normalized spacial score (nSPS) is 10.7. The fraction of sp³-hybridized carbons (Fsp3) is 0. The Balaban J connectivity index is 2.05. The molecule has 3 aromatic rings. The Bertz CT molecular complexity index is 726. The lowest BCUT2D eigenvalue weighted by Crippen LogP contribution is -1.83. The Morgan fingerprint density at radius 2 is 1.58 bits per heavy atom. The molecule has 1 aromatic heterocycles. The predicted octanol–water partition coefficient (Wildman–Crippen LogP) is 3.80. The second-order valence-electron chi connectivity index (χ2n) is 4.12. The minimum absolute atomic E-state index is 0.230. The van der Waals surface area contributed by atoms with Crippen molar-refractivity contribution < 1.29 is 10.2 Å². The molecule has 94 valence electrons. The van der Waals surface area contributed by atoms with E-state index in [9.17, 15) is 10.2 Å². The number of phenolic OH excluding ortho intramolecular Hbond substituents is 2. The lowest BCUT2D eigenvalue weighted by molar-refractivity contribution is 0.474. The van der Waals surface area contributed by atoms with Crippen molar-refractivity contribution >= 4 is 22.5 Å². The van der Waals surface area contributed by atoms with Gasteiger partial charge >= 0.3 is 0 Å². The molecule has 0 aliphatic carbocycles. The first kappa shape index (κ1) is 11.9. The van der Waals surface area contributed by atoms with Crippen LogP contribution in [0, 0.1) is 0 Å². The third-order valence-corrected chi connectivity index (χ3v) is 3.79. The first-order valence-corrected chi connectivity index (χ1v) is 6.59. The minimum Gasteiger partial charge on any atom is -0.508 e. The van der Waals surface area contributed by atoms with Gasteiger partial charge in [0.2, 0.25) is 0 Å². The van der Waals surface area contributed by atoms with E-state index >= 15 is 0 Å². The van der Waals surface area contributed by atoms with Crippen LogP contribution >= 0.6 is 11.8 Å². The number of fused-ring (bicyclic) bond motifs is 1. The summed E-state index contributed by atoms with van der Waals surface area (Å²) in [5.41, 5.74) is 0. The van der Waals surface area contributed by atoms with Gasteiger partial charge in [0.25, 0.3) is 0 Å². The lowest BCUT2D eigenvalue weighted by Gasteiger charge is -2.06. The molecule has 0 aliphatic heterocycles. The van der Waals surface area contributed by atoms with E-state index in [1.54, 1.807) is 30.5 Å². The van der Waals surface area contributed by atoms with Gasteiger partial charge in [0.15, 0.2) is 0 Å². The SMILES string of the molecule is Oc1ccc(Sc2nccc3ccc(O)cc23)cc1. The van der Waals surface area contributed by atoms with Gasteiger partial charge in [-0.05, 0) is 47.9 Å². The molecule has 0 spiro atoms. The zero-order valence-electron chi connectivity index (χ0n) is 9.95. The molecule has 0 fully saturated rings. The number of benzene rings is 2. The van der Waals surface area contributed by atoms with Crippen molar-refractivity contribution in [2.75, 3.05) is 0 Å². The fourth-order valence-electron chi connectivity index (χ4n) is 1.84. The number of pyridine rings is 1. The first-order chi connectivity index (χ1) is 9.22. The van der Waals surface area contributed by atoms with Crippen molar-refractivity contribution in [1.82, 2.24) is 4.98 Å². The number of hydrogen-bond donors (Lipinski definition) is 2. The van der Waals surface area contributed by atoms with E-state index in [0.29, 0.717) is 0 Å². The molecule has 0 atom stereocenters. The highest BCUT2D eigenvalue weighted by molar-refractivity contribution is 7.99. The number of aromatic hydroxyl groups is 2. The van der Waals surface area contributed by atoms with E-state index < -0.39 is 0 Å². The standard InChI is InChI=1S/C15H11NO2S/c17-11-3-5-13(6-4-11)19-15-14-9-12(18)2-1-10(14)7-8-16-15/h1-9,17-18H. The van der Waals surface area contributed by atoms with E-state index in [4.69, 9.17) is 0 Å². The third-order valence-electron chi connectivity index (χ3n) is 2.76. The molecule has 2 aromatic carbocycles. The average Bonchev–Trinajstić information content (AvgIpc) is 2.42. The van der Waals surface area contributed by atoms with Crippen molar-refractivity contribution in [2.45, 2.75) is 9.92 Å². The zero-order valence-corrected chi connectivity index (χ0v) is 10.8. The largest absolute Gasteiger partial charge is 0.508 e. The smallest absolute Gasteiger partial charge is 0.116 e. The molecule has 19 heavy (non-hydrogen) atoms. The molecule has 0 amide bonds. The highest BCUT2D eigenvalue weighted by Gasteiger charge is 2.05. The topological polar surface area (TPSA) is 53.4 Å². The molecular formula is C15H11NO2S. The summed E-state index contributed by atoms with van der Waals surface area (Å²) >= 11 is 1.50. The summed E-state index contributed by atoms with van der Waals surface area (Å²) in [6.07, 6.45) is 1.75. The molecular weight excluding hydrogens is 258 g/mol.